The second-order valence-electron chi connectivity index (χ2n) is 17.2. The van der Waals surface area contributed by atoms with Crippen molar-refractivity contribution in [2.45, 2.75) is 17.9 Å². The molecule has 2 atom stereocenters. The Bertz CT molecular complexity index is 3360. The molecule has 0 radical (unpaired) electrons. The second-order valence-corrected chi connectivity index (χ2v) is 17.2. The van der Waals surface area contributed by atoms with Crippen LogP contribution in [0, 0.1) is 0 Å². The molecule has 0 fully saturated rings. The molecule has 63 heavy (non-hydrogen) atoms. The van der Waals surface area contributed by atoms with Crippen LogP contribution in [0.4, 0.5) is 11.4 Å². The van der Waals surface area contributed by atoms with E-state index in [4.69, 9.17) is 0 Å². The van der Waals surface area contributed by atoms with Crippen LogP contribution in [0.25, 0.3) is 72.0 Å². The van der Waals surface area contributed by atoms with Gasteiger partial charge in [-0.1, -0.05) is 176 Å². The van der Waals surface area contributed by atoms with Gasteiger partial charge in [0.2, 0.25) is 0 Å². The zero-order valence-corrected chi connectivity index (χ0v) is 34.6. The van der Waals surface area contributed by atoms with Crippen LogP contribution in [0.5, 0.6) is 0 Å². The fourth-order valence-corrected chi connectivity index (χ4v) is 10.9. The van der Waals surface area contributed by atoms with Gasteiger partial charge >= 0.3 is 0 Å². The van der Waals surface area contributed by atoms with E-state index in [1.807, 2.05) is 0 Å². The Kier molecular flexibility index (Phi) is 8.14. The van der Waals surface area contributed by atoms with Gasteiger partial charge in [0.05, 0.1) is 17.1 Å². The summed E-state index contributed by atoms with van der Waals surface area (Å²) in [5.41, 5.74) is 21.4. The zero-order chi connectivity index (χ0) is 41.4. The number of aromatic nitrogens is 1. The molecule has 2 heteroatoms. The molecule has 10 aromatic rings. The van der Waals surface area contributed by atoms with E-state index in [1.54, 1.807) is 0 Å². The molecule has 2 heterocycles. The molecule has 0 N–H and O–H groups in total. The number of rotatable bonds is 6. The summed E-state index contributed by atoms with van der Waals surface area (Å²) < 4.78 is 2.39. The molecular weight excluding hydrogens is 761 g/mol. The third-order valence-electron chi connectivity index (χ3n) is 13.8. The highest BCUT2D eigenvalue weighted by atomic mass is 15.2. The molecule has 0 saturated carbocycles. The first-order chi connectivity index (χ1) is 31.2. The second kappa shape index (κ2) is 14.3. The van der Waals surface area contributed by atoms with Crippen LogP contribution in [0.2, 0.25) is 0 Å². The van der Waals surface area contributed by atoms with Gasteiger partial charge in [-0.25, -0.2) is 0 Å². The standard InChI is InChI=1S/C61H42N2/c1-3-19-55-49(13-1)50-14-2-4-20-56(50)61(55)43-27-25-40(26-28-43)44-37-45(41-29-33-47(34-30-41)62-57-21-9-5-15-51(57)52-16-6-10-22-58(52)62)39-46(38-44)42-31-35-48(36-32-42)63-59-23-11-7-17-53(59)54-18-8-12-24-60(54)63/h1-39,51,57,61H. The highest BCUT2D eigenvalue weighted by molar-refractivity contribution is 6.09. The minimum absolute atomic E-state index is 0.220. The smallest absolute Gasteiger partial charge is 0.0629 e. The van der Waals surface area contributed by atoms with E-state index in [9.17, 15) is 0 Å². The number of nitrogens with zero attached hydrogens (tertiary/aromatic N) is 2. The van der Waals surface area contributed by atoms with Crippen LogP contribution < -0.4 is 4.90 Å². The average Bonchev–Trinajstić information content (AvgIpc) is 4.00. The summed E-state index contributed by atoms with van der Waals surface area (Å²) in [6.07, 6.45) is 9.07. The average molecular weight is 803 g/mol. The largest absolute Gasteiger partial charge is 0.333 e. The van der Waals surface area contributed by atoms with Crippen molar-refractivity contribution >= 4 is 33.2 Å². The molecule has 1 aliphatic heterocycles. The first kappa shape index (κ1) is 35.8. The lowest BCUT2D eigenvalue weighted by molar-refractivity contribution is 0.745. The number of anilines is 2. The summed E-state index contributed by atoms with van der Waals surface area (Å²) in [5.74, 6) is 0.578. The van der Waals surface area contributed by atoms with Crippen molar-refractivity contribution < 1.29 is 0 Å². The third-order valence-corrected chi connectivity index (χ3v) is 13.8. The summed E-state index contributed by atoms with van der Waals surface area (Å²) in [6.45, 7) is 0. The SMILES string of the molecule is C1=CC2c3ccccc3N(c3ccc(-c4cc(-c5ccc(C6c7ccccc7-c7ccccc76)cc5)cc(-c5ccc(-n6c7ccccc7c7ccccc76)cc5)c4)cc3)C2C=C1. The molecule has 3 aliphatic rings. The third kappa shape index (κ3) is 5.72. The molecular formula is C61H42N2. The van der Waals surface area contributed by atoms with Gasteiger partial charge in [-0.15, -0.1) is 0 Å². The normalized spacial score (nSPS) is 16.0. The maximum Gasteiger partial charge on any atom is 0.0629 e. The van der Waals surface area contributed by atoms with Gasteiger partial charge in [0.15, 0.2) is 0 Å². The van der Waals surface area contributed by atoms with Crippen molar-refractivity contribution in [2.75, 3.05) is 4.90 Å². The van der Waals surface area contributed by atoms with E-state index in [-0.39, 0.29) is 12.0 Å². The van der Waals surface area contributed by atoms with Gasteiger partial charge in [-0.05, 0) is 127 Å². The van der Waals surface area contributed by atoms with Crippen molar-refractivity contribution in [1.82, 2.24) is 4.57 Å². The minimum Gasteiger partial charge on any atom is -0.333 e. The highest BCUT2D eigenvalue weighted by Crippen LogP contribution is 2.49. The number of para-hydroxylation sites is 3. The van der Waals surface area contributed by atoms with Crippen LogP contribution in [-0.2, 0) is 0 Å². The van der Waals surface area contributed by atoms with Gasteiger partial charge in [-0.3, -0.25) is 0 Å². The number of hydrogen-bond acceptors (Lipinski definition) is 1. The zero-order valence-electron chi connectivity index (χ0n) is 34.6. The molecule has 2 nitrogen and oxygen atoms in total. The van der Waals surface area contributed by atoms with Gasteiger partial charge in [0.25, 0.3) is 0 Å². The Hall–Kier alpha value is -7.94. The summed E-state index contributed by atoms with van der Waals surface area (Å²) in [5, 5.41) is 2.54. The molecule has 0 bridgehead atoms. The molecule has 0 spiro atoms. The lowest BCUT2D eigenvalue weighted by Gasteiger charge is -2.28. The van der Waals surface area contributed by atoms with Crippen LogP contribution in [0.3, 0.4) is 0 Å². The number of benzene rings is 9. The maximum atomic E-state index is 2.51. The van der Waals surface area contributed by atoms with Crippen LogP contribution in [-0.4, -0.2) is 10.6 Å². The van der Waals surface area contributed by atoms with Crippen molar-refractivity contribution in [2.24, 2.45) is 0 Å². The van der Waals surface area contributed by atoms with Gasteiger partial charge < -0.3 is 9.47 Å². The number of hydrogen-bond donors (Lipinski definition) is 0. The Morgan fingerprint density at radius 2 is 0.810 bits per heavy atom. The molecule has 0 amide bonds. The lowest BCUT2D eigenvalue weighted by atomic mass is 9.88. The Morgan fingerprint density at radius 3 is 1.40 bits per heavy atom. The Labute approximate surface area is 368 Å². The molecule has 1 aromatic heterocycles. The predicted molar refractivity (Wildman–Crippen MR) is 263 cm³/mol. The van der Waals surface area contributed by atoms with E-state index < -0.39 is 0 Å². The molecule has 2 unspecified atom stereocenters. The van der Waals surface area contributed by atoms with Crippen molar-refractivity contribution in [3.8, 4) is 50.2 Å². The van der Waals surface area contributed by atoms with Crippen LogP contribution in [0.1, 0.15) is 34.1 Å². The maximum absolute atomic E-state index is 2.51. The summed E-state index contributed by atoms with van der Waals surface area (Å²) >= 11 is 0. The molecule has 296 valence electrons. The Balaban J connectivity index is 0.901. The van der Waals surface area contributed by atoms with Crippen molar-refractivity contribution in [3.05, 3.63) is 259 Å². The van der Waals surface area contributed by atoms with Crippen LogP contribution >= 0.6 is 0 Å². The van der Waals surface area contributed by atoms with Crippen LogP contribution in [0.15, 0.2) is 237 Å². The van der Waals surface area contributed by atoms with E-state index in [1.165, 1.54) is 99.9 Å². The molecule has 2 aliphatic carbocycles. The summed E-state index contributed by atoms with van der Waals surface area (Å²) in [4.78, 5) is 2.51. The van der Waals surface area contributed by atoms with Gasteiger partial charge in [-0.2, -0.15) is 0 Å². The van der Waals surface area contributed by atoms with E-state index in [2.05, 4.69) is 246 Å². The van der Waals surface area contributed by atoms with E-state index in [0.717, 1.165) is 5.69 Å². The molecule has 13 rings (SSSR count). The number of allylic oxidation sites excluding steroid dienone is 2. The quantitative estimate of drug-likeness (QED) is 0.163. The predicted octanol–water partition coefficient (Wildman–Crippen LogP) is 15.7. The fourth-order valence-electron chi connectivity index (χ4n) is 10.9. The fraction of sp³-hybridized carbons (Fsp3) is 0.0492. The van der Waals surface area contributed by atoms with Gasteiger partial charge in [0, 0.05) is 39.7 Å². The first-order valence-corrected chi connectivity index (χ1v) is 22.1. The minimum atomic E-state index is 0.220. The van der Waals surface area contributed by atoms with Crippen molar-refractivity contribution in [1.29, 1.82) is 0 Å². The summed E-state index contributed by atoms with van der Waals surface area (Å²) in [7, 11) is 0. The van der Waals surface area contributed by atoms with E-state index in [0.29, 0.717) is 5.92 Å². The van der Waals surface area contributed by atoms with E-state index >= 15 is 0 Å². The van der Waals surface area contributed by atoms with Gasteiger partial charge in [0.1, 0.15) is 0 Å². The molecule has 0 saturated heterocycles. The lowest BCUT2D eigenvalue weighted by Crippen LogP contribution is -2.28. The number of fused-ring (bicyclic) bond motifs is 9. The topological polar surface area (TPSA) is 8.17 Å². The van der Waals surface area contributed by atoms with Crippen molar-refractivity contribution in [3.63, 3.8) is 0 Å². The Morgan fingerprint density at radius 1 is 0.349 bits per heavy atom. The highest BCUT2D eigenvalue weighted by Gasteiger charge is 2.37. The summed E-state index contributed by atoms with van der Waals surface area (Å²) in [6, 6.07) is 79.2. The first-order valence-electron chi connectivity index (χ1n) is 22.1. The monoisotopic (exact) mass is 802 g/mol. The molecule has 9 aromatic carbocycles.